The van der Waals surface area contributed by atoms with Gasteiger partial charge in [-0.05, 0) is 18.9 Å². The first-order chi connectivity index (χ1) is 9.04. The zero-order chi connectivity index (χ0) is 14.3. The Hall–Kier alpha value is -2.08. The Bertz CT molecular complexity index is 420. The highest BCUT2D eigenvalue weighted by Gasteiger charge is 2.27. The minimum absolute atomic E-state index is 0.174. The van der Waals surface area contributed by atoms with Crippen LogP contribution in [0.1, 0.15) is 12.5 Å². The third-order valence-corrected chi connectivity index (χ3v) is 2.51. The van der Waals surface area contributed by atoms with Gasteiger partial charge in [-0.3, -0.25) is 0 Å². The molecule has 1 unspecified atom stereocenters. The van der Waals surface area contributed by atoms with Crippen molar-refractivity contribution in [2.75, 3.05) is 6.61 Å². The molecule has 0 saturated carbocycles. The average molecular weight is 267 g/mol. The molecule has 3 N–H and O–H groups in total. The number of alkyl carbamates (subject to hydrolysis) is 1. The summed E-state index contributed by atoms with van der Waals surface area (Å²) >= 11 is 0. The van der Waals surface area contributed by atoms with E-state index >= 15 is 0 Å². The lowest BCUT2D eigenvalue weighted by Crippen LogP contribution is -2.48. The summed E-state index contributed by atoms with van der Waals surface area (Å²) in [5, 5.41) is 20.8. The first-order valence-electron chi connectivity index (χ1n) is 5.92. The van der Waals surface area contributed by atoms with Crippen molar-refractivity contribution in [3.8, 4) is 0 Å². The highest BCUT2D eigenvalue weighted by molar-refractivity contribution is 5.75. The minimum atomic E-state index is -1.69. The van der Waals surface area contributed by atoms with Crippen LogP contribution in [-0.4, -0.2) is 41.0 Å². The summed E-state index contributed by atoms with van der Waals surface area (Å²) in [6.45, 7) is 1.81. The highest BCUT2D eigenvalue weighted by Crippen LogP contribution is 2.07. The Morgan fingerprint density at radius 1 is 1.32 bits per heavy atom. The number of nitrogens with one attached hydrogen (secondary N) is 1. The van der Waals surface area contributed by atoms with Gasteiger partial charge in [-0.15, -0.1) is 0 Å². The maximum atomic E-state index is 11.3. The SMILES string of the molecule is CCOC(=O)N[C@@H](Cc1ccccc1)C(O)C(=O)O. The second-order valence-corrected chi connectivity index (χ2v) is 3.94. The summed E-state index contributed by atoms with van der Waals surface area (Å²) in [5.41, 5.74) is 0.810. The van der Waals surface area contributed by atoms with E-state index in [0.717, 1.165) is 5.56 Å². The van der Waals surface area contributed by atoms with Gasteiger partial charge >= 0.3 is 12.1 Å². The molecule has 0 aliphatic rings. The summed E-state index contributed by atoms with van der Waals surface area (Å²) in [6.07, 6.45) is -2.24. The molecule has 1 aromatic carbocycles. The van der Waals surface area contributed by atoms with Crippen molar-refractivity contribution in [1.82, 2.24) is 5.32 Å². The number of aliphatic hydroxyl groups excluding tert-OH is 1. The summed E-state index contributed by atoms with van der Waals surface area (Å²) in [6, 6.07) is 8.04. The summed E-state index contributed by atoms with van der Waals surface area (Å²) in [5.74, 6) is -1.39. The largest absolute Gasteiger partial charge is 0.479 e. The molecular formula is C13H17NO5. The van der Waals surface area contributed by atoms with Gasteiger partial charge in [0.05, 0.1) is 12.6 Å². The molecule has 0 spiro atoms. The van der Waals surface area contributed by atoms with Crippen molar-refractivity contribution in [2.45, 2.75) is 25.5 Å². The lowest BCUT2D eigenvalue weighted by Gasteiger charge is -2.21. The van der Waals surface area contributed by atoms with Crippen LogP contribution in [-0.2, 0) is 16.0 Å². The van der Waals surface area contributed by atoms with E-state index in [-0.39, 0.29) is 13.0 Å². The maximum Gasteiger partial charge on any atom is 0.407 e. The quantitative estimate of drug-likeness (QED) is 0.708. The van der Waals surface area contributed by atoms with Crippen LogP contribution in [0.2, 0.25) is 0 Å². The first kappa shape index (κ1) is 15.0. The van der Waals surface area contributed by atoms with Gasteiger partial charge in [0.2, 0.25) is 0 Å². The zero-order valence-corrected chi connectivity index (χ0v) is 10.6. The predicted molar refractivity (Wildman–Crippen MR) is 67.7 cm³/mol. The van der Waals surface area contributed by atoms with Gasteiger partial charge in [-0.25, -0.2) is 9.59 Å². The molecule has 1 rings (SSSR count). The molecule has 2 atom stereocenters. The number of carboxylic acid groups (broad SMARTS) is 1. The highest BCUT2D eigenvalue weighted by atomic mass is 16.5. The number of carboxylic acids is 1. The van der Waals surface area contributed by atoms with Crippen molar-refractivity contribution in [2.24, 2.45) is 0 Å². The van der Waals surface area contributed by atoms with Gasteiger partial charge in [0.15, 0.2) is 6.10 Å². The van der Waals surface area contributed by atoms with E-state index in [1.807, 2.05) is 6.07 Å². The number of hydrogen-bond acceptors (Lipinski definition) is 4. The second kappa shape index (κ2) is 7.38. The number of benzene rings is 1. The lowest BCUT2D eigenvalue weighted by atomic mass is 10.0. The fourth-order valence-corrected chi connectivity index (χ4v) is 1.61. The van der Waals surface area contributed by atoms with Gasteiger partial charge in [0.25, 0.3) is 0 Å². The smallest absolute Gasteiger partial charge is 0.407 e. The topological polar surface area (TPSA) is 95.9 Å². The van der Waals surface area contributed by atoms with E-state index in [1.54, 1.807) is 31.2 Å². The van der Waals surface area contributed by atoms with Crippen LogP contribution in [0, 0.1) is 0 Å². The molecule has 0 fully saturated rings. The van der Waals surface area contributed by atoms with Crippen LogP contribution >= 0.6 is 0 Å². The second-order valence-electron chi connectivity index (χ2n) is 3.94. The number of ether oxygens (including phenoxy) is 1. The Morgan fingerprint density at radius 2 is 1.95 bits per heavy atom. The van der Waals surface area contributed by atoms with E-state index in [1.165, 1.54) is 0 Å². The van der Waals surface area contributed by atoms with Gasteiger partial charge in [-0.2, -0.15) is 0 Å². The van der Waals surface area contributed by atoms with E-state index in [0.29, 0.717) is 0 Å². The Kier molecular flexibility index (Phi) is 5.81. The third kappa shape index (κ3) is 4.97. The Balaban J connectivity index is 2.74. The maximum absolute atomic E-state index is 11.3. The zero-order valence-electron chi connectivity index (χ0n) is 10.6. The molecule has 1 aromatic rings. The molecule has 0 radical (unpaired) electrons. The van der Waals surface area contributed by atoms with E-state index in [9.17, 15) is 14.7 Å². The number of aliphatic hydroxyl groups is 1. The summed E-state index contributed by atoms with van der Waals surface area (Å²) in [4.78, 5) is 22.2. The third-order valence-electron chi connectivity index (χ3n) is 2.51. The van der Waals surface area contributed by atoms with Crippen molar-refractivity contribution in [3.63, 3.8) is 0 Å². The Morgan fingerprint density at radius 3 is 2.47 bits per heavy atom. The molecule has 0 aliphatic carbocycles. The van der Waals surface area contributed by atoms with Crippen LogP contribution in [0.25, 0.3) is 0 Å². The van der Waals surface area contributed by atoms with Crippen LogP contribution in [0.4, 0.5) is 4.79 Å². The molecule has 19 heavy (non-hydrogen) atoms. The molecule has 6 heteroatoms. The van der Waals surface area contributed by atoms with Crippen molar-refractivity contribution < 1.29 is 24.5 Å². The lowest BCUT2D eigenvalue weighted by molar-refractivity contribution is -0.148. The molecular weight excluding hydrogens is 250 g/mol. The fourth-order valence-electron chi connectivity index (χ4n) is 1.61. The van der Waals surface area contributed by atoms with Crippen LogP contribution in [0.15, 0.2) is 30.3 Å². The van der Waals surface area contributed by atoms with Gasteiger partial charge in [0, 0.05) is 0 Å². The van der Waals surface area contributed by atoms with E-state index in [2.05, 4.69) is 10.1 Å². The van der Waals surface area contributed by atoms with Crippen LogP contribution in [0.3, 0.4) is 0 Å². The molecule has 104 valence electrons. The molecule has 1 amide bonds. The monoisotopic (exact) mass is 267 g/mol. The molecule has 0 heterocycles. The van der Waals surface area contributed by atoms with Gasteiger partial charge in [-0.1, -0.05) is 30.3 Å². The number of rotatable bonds is 6. The van der Waals surface area contributed by atoms with Gasteiger partial charge < -0.3 is 20.3 Å². The number of carbonyl (C=O) groups excluding carboxylic acids is 1. The van der Waals surface area contributed by atoms with Crippen molar-refractivity contribution in [1.29, 1.82) is 0 Å². The van der Waals surface area contributed by atoms with Crippen molar-refractivity contribution >= 4 is 12.1 Å². The average Bonchev–Trinajstić information content (AvgIpc) is 2.38. The normalized spacial score (nSPS) is 13.4. The number of hydrogen-bond donors (Lipinski definition) is 3. The molecule has 0 aromatic heterocycles. The summed E-state index contributed by atoms with van der Waals surface area (Å²) in [7, 11) is 0. The summed E-state index contributed by atoms with van der Waals surface area (Å²) < 4.78 is 4.69. The first-order valence-corrected chi connectivity index (χ1v) is 5.92. The van der Waals surface area contributed by atoms with Crippen molar-refractivity contribution in [3.05, 3.63) is 35.9 Å². The predicted octanol–water partition coefficient (Wildman–Crippen LogP) is 0.789. The fraction of sp³-hybridized carbons (Fsp3) is 0.385. The number of aliphatic carboxylic acids is 1. The minimum Gasteiger partial charge on any atom is -0.479 e. The number of carbonyl (C=O) groups is 2. The standard InChI is InChI=1S/C13H17NO5/c1-2-19-13(18)14-10(11(15)12(16)17)8-9-6-4-3-5-7-9/h3-7,10-11,15H,2,8H2,1H3,(H,14,18)(H,16,17)/t10-,11?/m0/s1. The molecule has 6 nitrogen and oxygen atoms in total. The van der Waals surface area contributed by atoms with Crippen LogP contribution < -0.4 is 5.32 Å². The molecule has 0 aliphatic heterocycles. The van der Waals surface area contributed by atoms with E-state index < -0.39 is 24.2 Å². The van der Waals surface area contributed by atoms with E-state index in [4.69, 9.17) is 5.11 Å². The molecule has 0 saturated heterocycles. The Labute approximate surface area is 111 Å². The number of amides is 1. The van der Waals surface area contributed by atoms with Gasteiger partial charge in [0.1, 0.15) is 0 Å². The van der Waals surface area contributed by atoms with Crippen LogP contribution in [0.5, 0.6) is 0 Å². The molecule has 0 bridgehead atoms.